The Morgan fingerprint density at radius 3 is 2.37 bits per heavy atom. The molecule has 0 aliphatic rings. The van der Waals surface area contributed by atoms with Gasteiger partial charge in [0.2, 0.25) is 0 Å². The number of aliphatic hydroxyl groups is 1. The molecular weight excluding hydrogens is 306 g/mol. The van der Waals surface area contributed by atoms with Crippen LogP contribution in [0.3, 0.4) is 0 Å². The Bertz CT molecular complexity index is 540. The molecule has 4 heteroatoms. The van der Waals surface area contributed by atoms with Crippen molar-refractivity contribution in [2.75, 3.05) is 6.54 Å². The average molecular weight is 320 g/mol. The third kappa shape index (κ3) is 3.91. The fraction of sp³-hybridized carbons (Fsp3) is 0.133. The number of carbonyl (C=O) groups excluding carboxylic acids is 1. The summed E-state index contributed by atoms with van der Waals surface area (Å²) in [5, 5.41) is 12.7. The lowest BCUT2D eigenvalue weighted by Crippen LogP contribution is -2.28. The maximum atomic E-state index is 11.9. The number of rotatable bonds is 4. The Morgan fingerprint density at radius 1 is 1.11 bits per heavy atom. The lowest BCUT2D eigenvalue weighted by atomic mass is 10.1. The van der Waals surface area contributed by atoms with Crippen LogP contribution in [-0.4, -0.2) is 17.6 Å². The second-order valence-corrected chi connectivity index (χ2v) is 5.06. The summed E-state index contributed by atoms with van der Waals surface area (Å²) >= 11 is 3.32. The van der Waals surface area contributed by atoms with Crippen molar-refractivity contribution in [3.05, 3.63) is 70.2 Å². The Kier molecular flexibility index (Phi) is 4.71. The molecule has 0 fully saturated rings. The molecule has 2 N–H and O–H groups in total. The number of nitrogens with one attached hydrogen (secondary N) is 1. The van der Waals surface area contributed by atoms with Gasteiger partial charge in [-0.2, -0.15) is 0 Å². The zero-order valence-corrected chi connectivity index (χ0v) is 11.8. The van der Waals surface area contributed by atoms with Crippen molar-refractivity contribution in [2.24, 2.45) is 0 Å². The van der Waals surface area contributed by atoms with Crippen molar-refractivity contribution in [3.63, 3.8) is 0 Å². The van der Waals surface area contributed by atoms with Crippen LogP contribution >= 0.6 is 15.9 Å². The van der Waals surface area contributed by atoms with Crippen molar-refractivity contribution in [1.82, 2.24) is 5.32 Å². The summed E-state index contributed by atoms with van der Waals surface area (Å²) < 4.78 is 0.924. The molecule has 0 spiro atoms. The second-order valence-electron chi connectivity index (χ2n) is 4.14. The Morgan fingerprint density at radius 2 is 1.74 bits per heavy atom. The summed E-state index contributed by atoms with van der Waals surface area (Å²) in [6, 6.07) is 16.3. The number of hydrogen-bond acceptors (Lipinski definition) is 2. The highest BCUT2D eigenvalue weighted by atomic mass is 79.9. The highest BCUT2D eigenvalue weighted by Crippen LogP contribution is 2.12. The largest absolute Gasteiger partial charge is 0.387 e. The minimum atomic E-state index is -0.694. The number of amides is 1. The number of hydrogen-bond donors (Lipinski definition) is 2. The number of benzene rings is 2. The molecule has 1 amide bonds. The van der Waals surface area contributed by atoms with Crippen LogP contribution in [0.15, 0.2) is 59.1 Å². The first-order valence-electron chi connectivity index (χ1n) is 5.93. The van der Waals surface area contributed by atoms with Gasteiger partial charge in [0.25, 0.3) is 5.91 Å². The van der Waals surface area contributed by atoms with E-state index in [1.165, 1.54) is 0 Å². The van der Waals surface area contributed by atoms with Gasteiger partial charge in [-0.25, -0.2) is 0 Å². The van der Waals surface area contributed by atoms with Gasteiger partial charge in [0.05, 0.1) is 6.10 Å². The maximum Gasteiger partial charge on any atom is 0.251 e. The molecule has 0 heterocycles. The SMILES string of the molecule is O=C(NCC(O)c1ccccc1)c1ccc(Br)cc1. The van der Waals surface area contributed by atoms with Crippen LogP contribution in [0.5, 0.6) is 0 Å². The summed E-state index contributed by atoms with van der Waals surface area (Å²) in [5.41, 5.74) is 1.36. The lowest BCUT2D eigenvalue weighted by molar-refractivity contribution is 0.0916. The Balaban J connectivity index is 1.92. The van der Waals surface area contributed by atoms with Crippen molar-refractivity contribution in [1.29, 1.82) is 0 Å². The van der Waals surface area contributed by atoms with Crippen LogP contribution < -0.4 is 5.32 Å². The first-order chi connectivity index (χ1) is 9.16. The third-order valence-electron chi connectivity index (χ3n) is 2.75. The van der Waals surface area contributed by atoms with E-state index in [0.29, 0.717) is 5.56 Å². The molecule has 19 heavy (non-hydrogen) atoms. The molecule has 3 nitrogen and oxygen atoms in total. The standard InChI is InChI=1S/C15H14BrNO2/c16-13-8-6-12(7-9-13)15(19)17-10-14(18)11-4-2-1-3-5-11/h1-9,14,18H,10H2,(H,17,19). The van der Waals surface area contributed by atoms with Gasteiger partial charge in [0, 0.05) is 16.6 Å². The number of halogens is 1. The quantitative estimate of drug-likeness (QED) is 0.910. The smallest absolute Gasteiger partial charge is 0.251 e. The molecular formula is C15H14BrNO2. The summed E-state index contributed by atoms with van der Waals surface area (Å²) in [4.78, 5) is 11.9. The van der Waals surface area contributed by atoms with Crippen LogP contribution in [0.1, 0.15) is 22.0 Å². The molecule has 2 aromatic carbocycles. The zero-order valence-electron chi connectivity index (χ0n) is 10.2. The second kappa shape index (κ2) is 6.50. The highest BCUT2D eigenvalue weighted by molar-refractivity contribution is 9.10. The van der Waals surface area contributed by atoms with Gasteiger partial charge in [-0.05, 0) is 29.8 Å². The van der Waals surface area contributed by atoms with Crippen LogP contribution in [0.2, 0.25) is 0 Å². The molecule has 0 aromatic heterocycles. The van der Waals surface area contributed by atoms with E-state index in [9.17, 15) is 9.90 Å². The van der Waals surface area contributed by atoms with Gasteiger partial charge in [0.15, 0.2) is 0 Å². The minimum Gasteiger partial charge on any atom is -0.387 e. The summed E-state index contributed by atoms with van der Waals surface area (Å²) in [6.45, 7) is 0.193. The molecule has 0 radical (unpaired) electrons. The van der Waals surface area contributed by atoms with Gasteiger partial charge in [-0.1, -0.05) is 46.3 Å². The zero-order chi connectivity index (χ0) is 13.7. The average Bonchev–Trinajstić information content (AvgIpc) is 2.46. The number of aliphatic hydroxyl groups excluding tert-OH is 1. The minimum absolute atomic E-state index is 0.192. The fourth-order valence-electron chi connectivity index (χ4n) is 1.69. The molecule has 2 rings (SSSR count). The van der Waals surface area contributed by atoms with Gasteiger partial charge in [-0.3, -0.25) is 4.79 Å². The van der Waals surface area contributed by atoms with E-state index in [1.807, 2.05) is 42.5 Å². The molecule has 0 saturated heterocycles. The van der Waals surface area contributed by atoms with Gasteiger partial charge < -0.3 is 10.4 Å². The van der Waals surface area contributed by atoms with E-state index in [4.69, 9.17) is 0 Å². The van der Waals surface area contributed by atoms with Crippen LogP contribution in [0, 0.1) is 0 Å². The van der Waals surface area contributed by atoms with Gasteiger partial charge >= 0.3 is 0 Å². The number of carbonyl (C=O) groups is 1. The van der Waals surface area contributed by atoms with E-state index in [-0.39, 0.29) is 12.5 Å². The van der Waals surface area contributed by atoms with Crippen molar-refractivity contribution in [3.8, 4) is 0 Å². The monoisotopic (exact) mass is 319 g/mol. The van der Waals surface area contributed by atoms with E-state index in [0.717, 1.165) is 10.0 Å². The predicted octanol–water partition coefficient (Wildman–Crippen LogP) is 2.91. The van der Waals surface area contributed by atoms with Crippen LogP contribution in [0.4, 0.5) is 0 Å². The molecule has 1 atom stereocenters. The van der Waals surface area contributed by atoms with Gasteiger partial charge in [0.1, 0.15) is 0 Å². The molecule has 0 saturated carbocycles. The van der Waals surface area contributed by atoms with Crippen molar-refractivity contribution in [2.45, 2.75) is 6.10 Å². The molecule has 2 aromatic rings. The molecule has 0 aliphatic heterocycles. The summed E-state index contributed by atoms with van der Waals surface area (Å²) in [7, 11) is 0. The third-order valence-corrected chi connectivity index (χ3v) is 3.28. The first-order valence-corrected chi connectivity index (χ1v) is 6.73. The maximum absolute atomic E-state index is 11.9. The predicted molar refractivity (Wildman–Crippen MR) is 77.9 cm³/mol. The highest BCUT2D eigenvalue weighted by Gasteiger charge is 2.10. The molecule has 1 unspecified atom stereocenters. The molecule has 0 bridgehead atoms. The van der Waals surface area contributed by atoms with Crippen LogP contribution in [-0.2, 0) is 0 Å². The first kappa shape index (κ1) is 13.8. The Hall–Kier alpha value is -1.65. The van der Waals surface area contributed by atoms with Crippen LogP contribution in [0.25, 0.3) is 0 Å². The lowest BCUT2D eigenvalue weighted by Gasteiger charge is -2.12. The summed E-state index contributed by atoms with van der Waals surface area (Å²) in [5.74, 6) is -0.192. The van der Waals surface area contributed by atoms with E-state index < -0.39 is 6.10 Å². The van der Waals surface area contributed by atoms with Crippen molar-refractivity contribution >= 4 is 21.8 Å². The fourth-order valence-corrected chi connectivity index (χ4v) is 1.95. The topological polar surface area (TPSA) is 49.3 Å². The van der Waals surface area contributed by atoms with Crippen molar-refractivity contribution < 1.29 is 9.90 Å². The van der Waals surface area contributed by atoms with E-state index in [1.54, 1.807) is 12.1 Å². The van der Waals surface area contributed by atoms with E-state index >= 15 is 0 Å². The van der Waals surface area contributed by atoms with E-state index in [2.05, 4.69) is 21.2 Å². The molecule has 98 valence electrons. The normalized spacial score (nSPS) is 11.9. The molecule has 0 aliphatic carbocycles. The summed E-state index contributed by atoms with van der Waals surface area (Å²) in [6.07, 6.45) is -0.694. The van der Waals surface area contributed by atoms with Gasteiger partial charge in [-0.15, -0.1) is 0 Å². The Labute approximate surface area is 120 Å².